The summed E-state index contributed by atoms with van der Waals surface area (Å²) in [5.74, 6) is -0.0555. The zero-order valence-corrected chi connectivity index (χ0v) is 9.48. The molecule has 0 rings (SSSR count). The summed E-state index contributed by atoms with van der Waals surface area (Å²) in [4.78, 5) is 11.0. The molecular formula is C9H17NO2S. The van der Waals surface area contributed by atoms with E-state index in [1.165, 1.54) is 6.21 Å². The fourth-order valence-corrected chi connectivity index (χ4v) is 1.11. The molecule has 13 heavy (non-hydrogen) atoms. The third-order valence-corrected chi connectivity index (χ3v) is 2.66. The van der Waals surface area contributed by atoms with Gasteiger partial charge < -0.3 is 4.55 Å². The average Bonchev–Trinajstić information content (AvgIpc) is 1.99. The Kier molecular flexibility index (Phi) is 5.25. The van der Waals surface area contributed by atoms with Crippen LogP contribution < -0.4 is 0 Å². The lowest BCUT2D eigenvalue weighted by Gasteiger charge is -2.17. The molecule has 4 heteroatoms. The average molecular weight is 203 g/mol. The van der Waals surface area contributed by atoms with Crippen molar-refractivity contribution in [2.45, 2.75) is 45.3 Å². The quantitative estimate of drug-likeness (QED) is 0.517. The number of carbonyl (C=O) groups excluding carboxylic acids is 1. The highest BCUT2D eigenvalue weighted by Crippen LogP contribution is 2.16. The Morgan fingerprint density at radius 2 is 2.08 bits per heavy atom. The zero-order valence-electron chi connectivity index (χ0n) is 8.66. The first-order valence-electron chi connectivity index (χ1n) is 4.37. The molecule has 76 valence electrons. The third kappa shape index (κ3) is 5.82. The number of ketones is 1. The molecular weight excluding hydrogens is 186 g/mol. The SMILES string of the molecule is CCCC(=O)C=N[S+]([O-])C(C)(C)C. The Labute approximate surface area is 82.9 Å². The van der Waals surface area contributed by atoms with E-state index in [-0.39, 0.29) is 10.5 Å². The molecule has 0 N–H and O–H groups in total. The van der Waals surface area contributed by atoms with Crippen molar-refractivity contribution < 1.29 is 9.35 Å². The van der Waals surface area contributed by atoms with Gasteiger partial charge in [0.2, 0.25) is 0 Å². The Morgan fingerprint density at radius 1 is 1.54 bits per heavy atom. The molecule has 0 aliphatic carbocycles. The van der Waals surface area contributed by atoms with Crippen molar-refractivity contribution in [1.82, 2.24) is 0 Å². The molecule has 0 aromatic heterocycles. The van der Waals surface area contributed by atoms with Crippen LogP contribution in [-0.4, -0.2) is 21.3 Å². The maximum absolute atomic E-state index is 11.3. The molecule has 0 heterocycles. The van der Waals surface area contributed by atoms with Gasteiger partial charge in [-0.1, -0.05) is 11.3 Å². The Morgan fingerprint density at radius 3 is 2.46 bits per heavy atom. The number of hydrogen-bond donors (Lipinski definition) is 0. The van der Waals surface area contributed by atoms with E-state index in [1.54, 1.807) is 0 Å². The van der Waals surface area contributed by atoms with Crippen LogP contribution in [0.4, 0.5) is 0 Å². The van der Waals surface area contributed by atoms with Crippen molar-refractivity contribution >= 4 is 23.4 Å². The third-order valence-electron chi connectivity index (χ3n) is 1.31. The molecule has 0 amide bonds. The summed E-state index contributed by atoms with van der Waals surface area (Å²) in [6, 6.07) is 0. The predicted octanol–water partition coefficient (Wildman–Crippen LogP) is 1.89. The van der Waals surface area contributed by atoms with Gasteiger partial charge in [0.1, 0.15) is 22.3 Å². The van der Waals surface area contributed by atoms with Crippen LogP contribution in [0.3, 0.4) is 0 Å². The lowest BCUT2D eigenvalue weighted by molar-refractivity contribution is -0.112. The Balaban J connectivity index is 4.05. The van der Waals surface area contributed by atoms with Gasteiger partial charge in [0.05, 0.1) is 0 Å². The highest BCUT2D eigenvalue weighted by molar-refractivity contribution is 7.91. The first-order valence-corrected chi connectivity index (χ1v) is 5.47. The minimum absolute atomic E-state index is 0.0555. The number of nitrogens with zero attached hydrogens (tertiary/aromatic N) is 1. The lowest BCUT2D eigenvalue weighted by Crippen LogP contribution is -2.26. The van der Waals surface area contributed by atoms with Crippen molar-refractivity contribution in [3.8, 4) is 0 Å². The Hall–Kier alpha value is -0.350. The van der Waals surface area contributed by atoms with Gasteiger partial charge in [-0.3, -0.25) is 4.79 Å². The van der Waals surface area contributed by atoms with E-state index in [1.807, 2.05) is 27.7 Å². The van der Waals surface area contributed by atoms with Crippen molar-refractivity contribution in [3.05, 3.63) is 0 Å². The second-order valence-electron chi connectivity index (χ2n) is 3.81. The fourth-order valence-electron chi connectivity index (χ4n) is 0.576. The van der Waals surface area contributed by atoms with E-state index in [0.29, 0.717) is 6.42 Å². The zero-order chi connectivity index (χ0) is 10.5. The van der Waals surface area contributed by atoms with Crippen molar-refractivity contribution in [2.75, 3.05) is 0 Å². The molecule has 0 bridgehead atoms. The van der Waals surface area contributed by atoms with E-state index in [9.17, 15) is 9.35 Å². The monoisotopic (exact) mass is 203 g/mol. The first-order chi connectivity index (χ1) is 5.88. The highest BCUT2D eigenvalue weighted by atomic mass is 32.2. The second kappa shape index (κ2) is 5.40. The summed E-state index contributed by atoms with van der Waals surface area (Å²) in [5, 5.41) is 0. The summed E-state index contributed by atoms with van der Waals surface area (Å²) < 4.78 is 14.7. The van der Waals surface area contributed by atoms with E-state index in [4.69, 9.17) is 0 Å². The molecule has 1 atom stereocenters. The fraction of sp³-hybridized carbons (Fsp3) is 0.778. The molecule has 0 radical (unpaired) electrons. The predicted molar refractivity (Wildman–Crippen MR) is 56.3 cm³/mol. The molecule has 0 saturated heterocycles. The molecule has 0 aromatic carbocycles. The minimum Gasteiger partial charge on any atom is -0.591 e. The highest BCUT2D eigenvalue weighted by Gasteiger charge is 2.25. The van der Waals surface area contributed by atoms with E-state index in [2.05, 4.69) is 4.40 Å². The van der Waals surface area contributed by atoms with Gasteiger partial charge in [0.25, 0.3) is 0 Å². The van der Waals surface area contributed by atoms with Gasteiger partial charge in [-0.2, -0.15) is 0 Å². The topological polar surface area (TPSA) is 52.5 Å². The van der Waals surface area contributed by atoms with Gasteiger partial charge in [-0.05, 0) is 27.2 Å². The maximum Gasteiger partial charge on any atom is 0.178 e. The van der Waals surface area contributed by atoms with Crippen LogP contribution in [0.15, 0.2) is 4.40 Å². The lowest BCUT2D eigenvalue weighted by atomic mass is 10.2. The molecule has 0 aromatic rings. The van der Waals surface area contributed by atoms with Crippen LogP contribution in [0.25, 0.3) is 0 Å². The van der Waals surface area contributed by atoms with Crippen molar-refractivity contribution in [2.24, 2.45) is 4.40 Å². The largest absolute Gasteiger partial charge is 0.591 e. The minimum atomic E-state index is -1.31. The standard InChI is InChI=1S/C9H17NO2S/c1-5-6-8(11)7-10-13(12)9(2,3)4/h7H,5-6H2,1-4H3. The van der Waals surface area contributed by atoms with E-state index in [0.717, 1.165) is 6.42 Å². The molecule has 0 aliphatic heterocycles. The second-order valence-corrected chi connectivity index (χ2v) is 5.75. The maximum atomic E-state index is 11.3. The van der Waals surface area contributed by atoms with Gasteiger partial charge in [0.15, 0.2) is 5.78 Å². The van der Waals surface area contributed by atoms with Gasteiger partial charge >= 0.3 is 0 Å². The first kappa shape index (κ1) is 12.7. The smallest absolute Gasteiger partial charge is 0.178 e. The summed E-state index contributed by atoms with van der Waals surface area (Å²) in [7, 11) is 0. The molecule has 0 saturated carbocycles. The summed E-state index contributed by atoms with van der Waals surface area (Å²) in [5.41, 5.74) is 0. The number of Topliss-reactive ketones (excluding diaryl/α,β-unsaturated/α-hetero) is 1. The van der Waals surface area contributed by atoms with E-state index >= 15 is 0 Å². The van der Waals surface area contributed by atoms with Gasteiger partial charge in [-0.15, -0.1) is 0 Å². The van der Waals surface area contributed by atoms with Crippen molar-refractivity contribution in [1.29, 1.82) is 0 Å². The molecule has 3 nitrogen and oxygen atoms in total. The van der Waals surface area contributed by atoms with Crippen LogP contribution in [-0.2, 0) is 16.2 Å². The van der Waals surface area contributed by atoms with Crippen molar-refractivity contribution in [3.63, 3.8) is 0 Å². The van der Waals surface area contributed by atoms with Gasteiger partial charge in [0, 0.05) is 6.42 Å². The van der Waals surface area contributed by atoms with Crippen LogP contribution in [0.1, 0.15) is 40.5 Å². The molecule has 0 spiro atoms. The Bertz CT molecular complexity index is 196. The summed E-state index contributed by atoms with van der Waals surface area (Å²) in [6.07, 6.45) is 2.46. The number of rotatable bonds is 4. The van der Waals surface area contributed by atoms with Crippen LogP contribution in [0.5, 0.6) is 0 Å². The molecule has 1 unspecified atom stereocenters. The number of hydrogen-bond acceptors (Lipinski definition) is 3. The summed E-state index contributed by atoms with van der Waals surface area (Å²) in [6.45, 7) is 7.40. The molecule has 0 aliphatic rings. The van der Waals surface area contributed by atoms with E-state index < -0.39 is 11.4 Å². The normalized spacial score (nSPS) is 14.8. The van der Waals surface area contributed by atoms with Crippen LogP contribution in [0.2, 0.25) is 0 Å². The molecule has 0 fully saturated rings. The number of carbonyl (C=O) groups is 1. The van der Waals surface area contributed by atoms with Gasteiger partial charge in [-0.25, -0.2) is 0 Å². The van der Waals surface area contributed by atoms with Crippen LogP contribution in [0, 0.1) is 0 Å². The van der Waals surface area contributed by atoms with Crippen LogP contribution >= 0.6 is 0 Å². The summed E-state index contributed by atoms with van der Waals surface area (Å²) >= 11 is -1.31.